The molecule has 6 heteroatoms. The van der Waals surface area contributed by atoms with Crippen LogP contribution in [0.15, 0.2) is 24.3 Å². The van der Waals surface area contributed by atoms with Crippen LogP contribution >= 0.6 is 0 Å². The van der Waals surface area contributed by atoms with Crippen molar-refractivity contribution in [3.8, 4) is 5.75 Å². The molecule has 0 aliphatic carbocycles. The van der Waals surface area contributed by atoms with E-state index < -0.39 is 0 Å². The molecule has 0 radical (unpaired) electrons. The van der Waals surface area contributed by atoms with Crippen LogP contribution in [0.4, 0.5) is 0 Å². The third-order valence-corrected chi connectivity index (χ3v) is 4.63. The molecule has 1 aromatic carbocycles. The molecule has 1 saturated heterocycles. The fourth-order valence-electron chi connectivity index (χ4n) is 2.99. The van der Waals surface area contributed by atoms with Crippen molar-refractivity contribution in [3.05, 3.63) is 29.8 Å². The minimum atomic E-state index is -0.151. The molecule has 1 aliphatic heterocycles. The molecule has 0 spiro atoms. The number of benzene rings is 1. The van der Waals surface area contributed by atoms with Crippen molar-refractivity contribution in [2.75, 3.05) is 39.8 Å². The van der Waals surface area contributed by atoms with Gasteiger partial charge in [0.15, 0.2) is 0 Å². The van der Waals surface area contributed by atoms with Crippen molar-refractivity contribution in [2.45, 2.75) is 32.7 Å². The van der Waals surface area contributed by atoms with E-state index in [4.69, 9.17) is 4.74 Å². The molecule has 1 fully saturated rings. The van der Waals surface area contributed by atoms with Crippen LogP contribution in [0.2, 0.25) is 0 Å². The summed E-state index contributed by atoms with van der Waals surface area (Å²) in [5, 5.41) is 2.93. The molecule has 0 saturated carbocycles. The van der Waals surface area contributed by atoms with Crippen molar-refractivity contribution < 1.29 is 14.3 Å². The van der Waals surface area contributed by atoms with E-state index in [-0.39, 0.29) is 17.9 Å². The van der Waals surface area contributed by atoms with Gasteiger partial charge in [0.25, 0.3) is 0 Å². The van der Waals surface area contributed by atoms with Crippen LogP contribution in [0, 0.1) is 0 Å². The lowest BCUT2D eigenvalue weighted by Gasteiger charge is -2.37. The predicted molar refractivity (Wildman–Crippen MR) is 97.6 cm³/mol. The highest BCUT2D eigenvalue weighted by Gasteiger charge is 2.27. The van der Waals surface area contributed by atoms with Gasteiger partial charge in [-0.1, -0.05) is 19.1 Å². The second kappa shape index (κ2) is 9.42. The van der Waals surface area contributed by atoms with Gasteiger partial charge in [0.2, 0.25) is 11.8 Å². The Kier molecular flexibility index (Phi) is 7.25. The number of nitrogens with one attached hydrogen (secondary N) is 1. The summed E-state index contributed by atoms with van der Waals surface area (Å²) in [7, 11) is 1.62. The summed E-state index contributed by atoms with van der Waals surface area (Å²) in [5.74, 6) is 0.955. The number of ether oxygens (including phenoxy) is 1. The van der Waals surface area contributed by atoms with Gasteiger partial charge in [-0.2, -0.15) is 0 Å². The van der Waals surface area contributed by atoms with Crippen molar-refractivity contribution >= 4 is 11.8 Å². The van der Waals surface area contributed by atoms with Crippen LogP contribution in [0.25, 0.3) is 0 Å². The van der Waals surface area contributed by atoms with Gasteiger partial charge in [0, 0.05) is 32.7 Å². The van der Waals surface area contributed by atoms with Gasteiger partial charge in [-0.3, -0.25) is 14.5 Å². The summed E-state index contributed by atoms with van der Waals surface area (Å²) in [6.07, 6.45) is 1.31. The molecule has 6 nitrogen and oxygen atoms in total. The van der Waals surface area contributed by atoms with E-state index in [2.05, 4.69) is 10.2 Å². The number of rotatable bonds is 7. The molecule has 0 unspecified atom stereocenters. The largest absolute Gasteiger partial charge is 0.497 e. The quantitative estimate of drug-likeness (QED) is 0.808. The van der Waals surface area contributed by atoms with E-state index in [1.54, 1.807) is 7.11 Å². The highest BCUT2D eigenvalue weighted by Crippen LogP contribution is 2.15. The first kappa shape index (κ1) is 19.2. The van der Waals surface area contributed by atoms with Gasteiger partial charge < -0.3 is 15.0 Å². The lowest BCUT2D eigenvalue weighted by Crippen LogP contribution is -2.55. The second-order valence-electron chi connectivity index (χ2n) is 6.41. The summed E-state index contributed by atoms with van der Waals surface area (Å²) in [5.41, 5.74) is 0.957. The van der Waals surface area contributed by atoms with Gasteiger partial charge in [-0.25, -0.2) is 0 Å². The lowest BCUT2D eigenvalue weighted by atomic mass is 10.1. The molecule has 25 heavy (non-hydrogen) atoms. The van der Waals surface area contributed by atoms with Gasteiger partial charge in [-0.05, 0) is 31.0 Å². The highest BCUT2D eigenvalue weighted by molar-refractivity contribution is 5.81. The third-order valence-electron chi connectivity index (χ3n) is 4.63. The van der Waals surface area contributed by atoms with E-state index in [1.807, 2.05) is 43.0 Å². The molecule has 2 amide bonds. The number of carbonyl (C=O) groups excluding carboxylic acids is 2. The number of hydrogen-bond donors (Lipinski definition) is 1. The zero-order valence-electron chi connectivity index (χ0n) is 15.5. The average molecular weight is 347 g/mol. The lowest BCUT2D eigenvalue weighted by molar-refractivity contribution is -0.133. The molecular weight excluding hydrogens is 318 g/mol. The molecule has 1 heterocycles. The maximum Gasteiger partial charge on any atom is 0.237 e. The number of piperazine rings is 1. The number of nitrogens with zero attached hydrogens (tertiary/aromatic N) is 2. The van der Waals surface area contributed by atoms with E-state index >= 15 is 0 Å². The molecule has 2 rings (SSSR count). The van der Waals surface area contributed by atoms with Crippen LogP contribution in [0.3, 0.4) is 0 Å². The zero-order chi connectivity index (χ0) is 18.2. The number of hydrogen-bond acceptors (Lipinski definition) is 4. The van der Waals surface area contributed by atoms with Crippen LogP contribution < -0.4 is 10.1 Å². The Balaban J connectivity index is 1.82. The van der Waals surface area contributed by atoms with Crippen molar-refractivity contribution in [1.29, 1.82) is 0 Å². The van der Waals surface area contributed by atoms with Gasteiger partial charge in [-0.15, -0.1) is 0 Å². The predicted octanol–water partition coefficient (Wildman–Crippen LogP) is 1.30. The topological polar surface area (TPSA) is 61.9 Å². The van der Waals surface area contributed by atoms with E-state index in [0.29, 0.717) is 26.1 Å². The van der Waals surface area contributed by atoms with E-state index in [9.17, 15) is 9.59 Å². The minimum Gasteiger partial charge on any atom is -0.497 e. The second-order valence-corrected chi connectivity index (χ2v) is 6.41. The number of carbonyl (C=O) groups is 2. The Bertz CT molecular complexity index is 583. The summed E-state index contributed by atoms with van der Waals surface area (Å²) >= 11 is 0. The first-order valence-corrected chi connectivity index (χ1v) is 8.97. The monoisotopic (exact) mass is 347 g/mol. The normalized spacial score (nSPS) is 16.4. The minimum absolute atomic E-state index is 0.0676. The van der Waals surface area contributed by atoms with Gasteiger partial charge in [0.1, 0.15) is 5.75 Å². The zero-order valence-corrected chi connectivity index (χ0v) is 15.5. The standard InChI is InChI=1S/C19H29N3O3/c1-4-8-20-19(24)15(2)21-9-11-22(12-10-21)18(23)14-16-6-5-7-17(13-16)25-3/h5-7,13,15H,4,8-12,14H2,1-3H3,(H,20,24)/t15-/m1/s1. The summed E-state index contributed by atoms with van der Waals surface area (Å²) in [6.45, 7) is 7.45. The first-order chi connectivity index (χ1) is 12.0. The maximum absolute atomic E-state index is 12.5. The van der Waals surface area contributed by atoms with Crippen molar-refractivity contribution in [2.24, 2.45) is 0 Å². The summed E-state index contributed by atoms with van der Waals surface area (Å²) in [6, 6.07) is 7.46. The molecule has 0 bridgehead atoms. The molecule has 1 atom stereocenters. The molecule has 1 aromatic rings. The van der Waals surface area contributed by atoms with E-state index in [1.165, 1.54) is 0 Å². The maximum atomic E-state index is 12.5. The Morgan fingerprint density at radius 3 is 2.60 bits per heavy atom. The molecule has 1 N–H and O–H groups in total. The van der Waals surface area contributed by atoms with E-state index in [0.717, 1.165) is 30.8 Å². The Hall–Kier alpha value is -2.08. The van der Waals surface area contributed by atoms with Crippen molar-refractivity contribution in [1.82, 2.24) is 15.1 Å². The first-order valence-electron chi connectivity index (χ1n) is 8.97. The smallest absolute Gasteiger partial charge is 0.237 e. The Morgan fingerprint density at radius 1 is 1.24 bits per heavy atom. The number of amides is 2. The molecule has 0 aromatic heterocycles. The van der Waals surface area contributed by atoms with Crippen LogP contribution in [-0.2, 0) is 16.0 Å². The Labute approximate surface area is 150 Å². The van der Waals surface area contributed by atoms with Crippen LogP contribution in [0.5, 0.6) is 5.75 Å². The fourth-order valence-corrected chi connectivity index (χ4v) is 2.99. The van der Waals surface area contributed by atoms with Crippen LogP contribution in [-0.4, -0.2) is 67.5 Å². The third kappa shape index (κ3) is 5.46. The summed E-state index contributed by atoms with van der Waals surface area (Å²) in [4.78, 5) is 28.6. The van der Waals surface area contributed by atoms with Gasteiger partial charge >= 0.3 is 0 Å². The summed E-state index contributed by atoms with van der Waals surface area (Å²) < 4.78 is 5.20. The van der Waals surface area contributed by atoms with Crippen molar-refractivity contribution in [3.63, 3.8) is 0 Å². The Morgan fingerprint density at radius 2 is 1.96 bits per heavy atom. The SMILES string of the molecule is CCCNC(=O)[C@@H](C)N1CCN(C(=O)Cc2cccc(OC)c2)CC1. The highest BCUT2D eigenvalue weighted by atomic mass is 16.5. The molecular formula is C19H29N3O3. The fraction of sp³-hybridized carbons (Fsp3) is 0.579. The average Bonchev–Trinajstić information content (AvgIpc) is 2.65. The van der Waals surface area contributed by atoms with Gasteiger partial charge in [0.05, 0.1) is 19.6 Å². The van der Waals surface area contributed by atoms with Crippen LogP contribution in [0.1, 0.15) is 25.8 Å². The molecule has 1 aliphatic rings. The number of methoxy groups -OCH3 is 1. The molecule has 138 valence electrons.